The molecule has 6 heteroatoms. The molecule has 0 radical (unpaired) electrons. The first-order valence-electron chi connectivity index (χ1n) is 5.23. The van der Waals surface area contributed by atoms with Crippen LogP contribution in [0.3, 0.4) is 0 Å². The van der Waals surface area contributed by atoms with E-state index in [1.807, 2.05) is 22.5 Å². The molecule has 0 spiro atoms. The van der Waals surface area contributed by atoms with Gasteiger partial charge in [0, 0.05) is 7.05 Å². The molecule has 0 aliphatic heterocycles. The maximum Gasteiger partial charge on any atom is 0.169 e. The minimum Gasteiger partial charge on any atom is -0.381 e. The van der Waals surface area contributed by atoms with E-state index >= 15 is 0 Å². The second-order valence-corrected chi connectivity index (χ2v) is 4.17. The molecule has 2 aromatic rings. The SMILES string of the molecule is CC(C)c1c(N)nnn1Cc1cncn1C. The van der Waals surface area contributed by atoms with Crippen molar-refractivity contribution >= 4 is 5.82 Å². The minimum absolute atomic E-state index is 0.309. The summed E-state index contributed by atoms with van der Waals surface area (Å²) in [6.07, 6.45) is 3.59. The highest BCUT2D eigenvalue weighted by Gasteiger charge is 2.14. The number of rotatable bonds is 3. The van der Waals surface area contributed by atoms with Crippen LogP contribution in [0.25, 0.3) is 0 Å². The fourth-order valence-corrected chi connectivity index (χ4v) is 1.73. The Labute approximate surface area is 94.1 Å². The first-order valence-corrected chi connectivity index (χ1v) is 5.23. The highest BCUT2D eigenvalue weighted by atomic mass is 15.4. The van der Waals surface area contributed by atoms with Crippen molar-refractivity contribution in [1.82, 2.24) is 24.5 Å². The summed E-state index contributed by atoms with van der Waals surface area (Å²) >= 11 is 0. The van der Waals surface area contributed by atoms with Crippen LogP contribution in [0.5, 0.6) is 0 Å². The first-order chi connectivity index (χ1) is 7.59. The molecule has 2 heterocycles. The Morgan fingerprint density at radius 1 is 1.44 bits per heavy atom. The van der Waals surface area contributed by atoms with Crippen LogP contribution in [-0.2, 0) is 13.6 Å². The quantitative estimate of drug-likeness (QED) is 0.828. The molecule has 0 saturated carbocycles. The van der Waals surface area contributed by atoms with E-state index in [9.17, 15) is 0 Å². The van der Waals surface area contributed by atoms with Gasteiger partial charge >= 0.3 is 0 Å². The van der Waals surface area contributed by atoms with E-state index in [4.69, 9.17) is 5.73 Å². The number of imidazole rings is 1. The zero-order chi connectivity index (χ0) is 11.7. The van der Waals surface area contributed by atoms with Gasteiger partial charge in [-0.1, -0.05) is 19.1 Å². The molecule has 2 rings (SSSR count). The molecule has 0 aliphatic carbocycles. The van der Waals surface area contributed by atoms with Crippen LogP contribution in [0.2, 0.25) is 0 Å². The second kappa shape index (κ2) is 3.96. The van der Waals surface area contributed by atoms with Crippen molar-refractivity contribution in [2.24, 2.45) is 7.05 Å². The standard InChI is InChI=1S/C10H16N6/c1-7(2)9-10(11)13-14-16(9)5-8-4-12-6-15(8)3/h4,6-7H,5,11H2,1-3H3. The number of nitrogens with zero attached hydrogens (tertiary/aromatic N) is 5. The highest BCUT2D eigenvalue weighted by Crippen LogP contribution is 2.19. The van der Waals surface area contributed by atoms with E-state index in [-0.39, 0.29) is 0 Å². The molecular weight excluding hydrogens is 204 g/mol. The summed E-state index contributed by atoms with van der Waals surface area (Å²) in [6.45, 7) is 4.80. The predicted molar refractivity (Wildman–Crippen MR) is 60.8 cm³/mol. The number of aryl methyl sites for hydroxylation is 1. The van der Waals surface area contributed by atoms with Crippen molar-refractivity contribution in [2.45, 2.75) is 26.3 Å². The van der Waals surface area contributed by atoms with Gasteiger partial charge in [0.25, 0.3) is 0 Å². The zero-order valence-corrected chi connectivity index (χ0v) is 9.75. The summed E-state index contributed by atoms with van der Waals surface area (Å²) in [5.74, 6) is 0.820. The summed E-state index contributed by atoms with van der Waals surface area (Å²) in [5, 5.41) is 7.96. The number of hydrogen-bond acceptors (Lipinski definition) is 4. The van der Waals surface area contributed by atoms with Crippen molar-refractivity contribution in [3.8, 4) is 0 Å². The number of aromatic nitrogens is 5. The van der Waals surface area contributed by atoms with Gasteiger partial charge in [-0.15, -0.1) is 5.10 Å². The normalized spacial score (nSPS) is 11.2. The molecule has 0 aromatic carbocycles. The molecule has 2 aromatic heterocycles. The van der Waals surface area contributed by atoms with Gasteiger partial charge in [0.05, 0.1) is 30.5 Å². The fourth-order valence-electron chi connectivity index (χ4n) is 1.73. The Kier molecular flexibility index (Phi) is 2.64. The topological polar surface area (TPSA) is 74.6 Å². The van der Waals surface area contributed by atoms with Gasteiger partial charge in [-0.05, 0) is 5.92 Å². The lowest BCUT2D eigenvalue weighted by molar-refractivity contribution is 0.578. The van der Waals surface area contributed by atoms with Crippen molar-refractivity contribution in [3.63, 3.8) is 0 Å². The molecule has 0 aliphatic rings. The van der Waals surface area contributed by atoms with E-state index in [1.165, 1.54) is 0 Å². The van der Waals surface area contributed by atoms with E-state index in [2.05, 4.69) is 29.1 Å². The molecule has 16 heavy (non-hydrogen) atoms. The Morgan fingerprint density at radius 2 is 2.19 bits per heavy atom. The molecule has 0 amide bonds. The Morgan fingerprint density at radius 3 is 2.75 bits per heavy atom. The van der Waals surface area contributed by atoms with Gasteiger partial charge < -0.3 is 10.3 Å². The van der Waals surface area contributed by atoms with Gasteiger partial charge in [0.2, 0.25) is 0 Å². The van der Waals surface area contributed by atoms with Gasteiger partial charge in [-0.25, -0.2) is 9.67 Å². The molecule has 0 bridgehead atoms. The number of hydrogen-bond donors (Lipinski definition) is 1. The van der Waals surface area contributed by atoms with Crippen molar-refractivity contribution in [3.05, 3.63) is 23.9 Å². The molecule has 6 nitrogen and oxygen atoms in total. The van der Waals surface area contributed by atoms with E-state index < -0.39 is 0 Å². The fraction of sp³-hybridized carbons (Fsp3) is 0.500. The van der Waals surface area contributed by atoms with Crippen LogP contribution in [0.1, 0.15) is 31.2 Å². The lowest BCUT2D eigenvalue weighted by Crippen LogP contribution is -2.11. The van der Waals surface area contributed by atoms with Gasteiger partial charge in [0.1, 0.15) is 0 Å². The average molecular weight is 220 g/mol. The summed E-state index contributed by atoms with van der Waals surface area (Å²) in [6, 6.07) is 0. The minimum atomic E-state index is 0.309. The summed E-state index contributed by atoms with van der Waals surface area (Å²) < 4.78 is 3.79. The van der Waals surface area contributed by atoms with Gasteiger partial charge in [-0.2, -0.15) is 0 Å². The monoisotopic (exact) mass is 220 g/mol. The molecule has 0 unspecified atom stereocenters. The lowest BCUT2D eigenvalue weighted by atomic mass is 10.1. The van der Waals surface area contributed by atoms with Gasteiger partial charge in [-0.3, -0.25) is 0 Å². The highest BCUT2D eigenvalue weighted by molar-refractivity contribution is 5.35. The molecule has 2 N–H and O–H groups in total. The zero-order valence-electron chi connectivity index (χ0n) is 9.75. The molecule has 0 atom stereocenters. The molecule has 0 fully saturated rings. The second-order valence-electron chi connectivity index (χ2n) is 4.17. The number of nitrogen functional groups attached to an aromatic ring is 1. The van der Waals surface area contributed by atoms with Crippen LogP contribution < -0.4 is 5.73 Å². The summed E-state index contributed by atoms with van der Waals surface area (Å²) in [5.41, 5.74) is 7.84. The Bertz CT molecular complexity index is 481. The van der Waals surface area contributed by atoms with Crippen LogP contribution in [0, 0.1) is 0 Å². The summed E-state index contributed by atoms with van der Waals surface area (Å²) in [7, 11) is 1.96. The van der Waals surface area contributed by atoms with Crippen LogP contribution in [0.4, 0.5) is 5.82 Å². The van der Waals surface area contributed by atoms with Crippen molar-refractivity contribution < 1.29 is 0 Å². The largest absolute Gasteiger partial charge is 0.381 e. The Balaban J connectivity index is 2.32. The predicted octanol–water partition coefficient (Wildman–Crippen LogP) is 0.765. The van der Waals surface area contributed by atoms with Crippen molar-refractivity contribution in [2.75, 3.05) is 5.73 Å². The molecule has 86 valence electrons. The average Bonchev–Trinajstić information content (AvgIpc) is 2.75. The van der Waals surface area contributed by atoms with Crippen molar-refractivity contribution in [1.29, 1.82) is 0 Å². The third-order valence-electron chi connectivity index (χ3n) is 2.58. The van der Waals surface area contributed by atoms with E-state index in [0.29, 0.717) is 18.3 Å². The number of nitrogens with two attached hydrogens (primary N) is 1. The van der Waals surface area contributed by atoms with E-state index in [1.54, 1.807) is 6.33 Å². The molecular formula is C10H16N6. The maximum absolute atomic E-state index is 5.79. The van der Waals surface area contributed by atoms with E-state index in [0.717, 1.165) is 11.4 Å². The van der Waals surface area contributed by atoms with Crippen LogP contribution in [-0.4, -0.2) is 24.5 Å². The van der Waals surface area contributed by atoms with Crippen LogP contribution >= 0.6 is 0 Å². The molecule has 0 saturated heterocycles. The summed E-state index contributed by atoms with van der Waals surface area (Å²) in [4.78, 5) is 4.07. The van der Waals surface area contributed by atoms with Crippen LogP contribution in [0.15, 0.2) is 12.5 Å². The maximum atomic E-state index is 5.79. The first kappa shape index (κ1) is 10.7. The lowest BCUT2D eigenvalue weighted by Gasteiger charge is -2.09. The third-order valence-corrected chi connectivity index (χ3v) is 2.58. The third kappa shape index (κ3) is 1.78. The number of anilines is 1. The van der Waals surface area contributed by atoms with Gasteiger partial charge in [0.15, 0.2) is 5.82 Å². The smallest absolute Gasteiger partial charge is 0.169 e. The Hall–Kier alpha value is -1.85.